The molecule has 0 spiro atoms. The summed E-state index contributed by atoms with van der Waals surface area (Å²) in [5.74, 6) is 0.416. The van der Waals surface area contributed by atoms with Gasteiger partial charge in [0.15, 0.2) is 11.6 Å². The highest BCUT2D eigenvalue weighted by Gasteiger charge is 2.28. The van der Waals surface area contributed by atoms with Gasteiger partial charge in [-0.25, -0.2) is 4.99 Å². The van der Waals surface area contributed by atoms with Gasteiger partial charge in [-0.1, -0.05) is 17.3 Å². The van der Waals surface area contributed by atoms with Crippen LogP contribution in [0.5, 0.6) is 5.75 Å². The van der Waals surface area contributed by atoms with E-state index in [1.54, 1.807) is 18.2 Å². The number of hydrogen-bond donors (Lipinski definition) is 2. The summed E-state index contributed by atoms with van der Waals surface area (Å²) >= 11 is 0. The van der Waals surface area contributed by atoms with Gasteiger partial charge in [-0.15, -0.1) is 0 Å². The Morgan fingerprint density at radius 3 is 2.66 bits per heavy atom. The zero-order chi connectivity index (χ0) is 20.4. The van der Waals surface area contributed by atoms with Crippen molar-refractivity contribution in [3.63, 3.8) is 0 Å². The number of aryl methyl sites for hydroxylation is 2. The first-order valence-electron chi connectivity index (χ1n) is 9.86. The fourth-order valence-electron chi connectivity index (χ4n) is 3.89. The molecule has 4 rings (SSSR count). The van der Waals surface area contributed by atoms with Crippen molar-refractivity contribution >= 4 is 23.0 Å². The van der Waals surface area contributed by atoms with Crippen LogP contribution >= 0.6 is 0 Å². The van der Waals surface area contributed by atoms with E-state index in [1.165, 1.54) is 6.07 Å². The minimum absolute atomic E-state index is 0.0181. The Hall–Kier alpha value is -3.22. The van der Waals surface area contributed by atoms with Gasteiger partial charge in [0.2, 0.25) is 0 Å². The van der Waals surface area contributed by atoms with E-state index in [2.05, 4.69) is 10.1 Å². The quantitative estimate of drug-likeness (QED) is 0.594. The first-order valence-corrected chi connectivity index (χ1v) is 9.86. The molecule has 2 aliphatic carbocycles. The van der Waals surface area contributed by atoms with E-state index in [0.717, 1.165) is 6.42 Å². The number of allylic oxidation sites excluding steroid dienone is 2. The Morgan fingerprint density at radius 2 is 1.83 bits per heavy atom. The van der Waals surface area contributed by atoms with Crippen LogP contribution in [0.4, 0.5) is 5.69 Å². The number of aromatic nitrogens is 1. The number of hydrogen-bond acceptors (Lipinski definition) is 7. The number of aliphatic hydroxyl groups excluding tert-OH is 1. The molecule has 2 aromatic rings. The number of carbonyl (C=O) groups is 2. The predicted molar refractivity (Wildman–Crippen MR) is 106 cm³/mol. The molecule has 0 atom stereocenters. The Balaban J connectivity index is 1.61. The summed E-state index contributed by atoms with van der Waals surface area (Å²) in [4.78, 5) is 29.1. The predicted octanol–water partition coefficient (Wildman–Crippen LogP) is 4.17. The molecule has 0 saturated heterocycles. The van der Waals surface area contributed by atoms with Gasteiger partial charge in [-0.05, 0) is 31.4 Å². The maximum atomic E-state index is 12.5. The average molecular weight is 394 g/mol. The maximum Gasteiger partial charge on any atom is 0.168 e. The number of phenols is 1. The topological polar surface area (TPSA) is 113 Å². The number of nitrogens with zero attached hydrogens (tertiary/aromatic N) is 2. The Bertz CT molecular complexity index is 1030. The lowest BCUT2D eigenvalue weighted by Crippen LogP contribution is -2.21. The molecule has 1 aromatic carbocycles. The van der Waals surface area contributed by atoms with E-state index in [0.29, 0.717) is 66.9 Å². The number of rotatable bonds is 4. The van der Waals surface area contributed by atoms with Gasteiger partial charge in [0, 0.05) is 32.1 Å². The Labute approximate surface area is 167 Å². The molecule has 7 heteroatoms. The number of para-hydroxylation sites is 2. The number of carbonyl (C=O) groups excluding carboxylic acids is 2. The van der Waals surface area contributed by atoms with Gasteiger partial charge in [-0.3, -0.25) is 9.59 Å². The SMILES string of the molecule is O=C1CCCC(=Nc2ccccc2O)/C1=C(\O)CCc1noc2c1C(=O)CCC2. The third kappa shape index (κ3) is 3.85. The largest absolute Gasteiger partial charge is 0.511 e. The molecule has 2 aliphatic rings. The van der Waals surface area contributed by atoms with E-state index >= 15 is 0 Å². The van der Waals surface area contributed by atoms with Crippen molar-refractivity contribution in [3.8, 4) is 5.75 Å². The van der Waals surface area contributed by atoms with Crippen LogP contribution in [0.3, 0.4) is 0 Å². The number of Topliss-reactive ketones (excluding diaryl/α,β-unsaturated/α-hetero) is 2. The number of aromatic hydroxyl groups is 1. The van der Waals surface area contributed by atoms with Crippen molar-refractivity contribution < 1.29 is 24.3 Å². The second-order valence-electron chi connectivity index (χ2n) is 7.35. The summed E-state index contributed by atoms with van der Waals surface area (Å²) in [7, 11) is 0. The van der Waals surface area contributed by atoms with E-state index in [9.17, 15) is 19.8 Å². The smallest absolute Gasteiger partial charge is 0.168 e. The van der Waals surface area contributed by atoms with Crippen LogP contribution in [-0.2, 0) is 17.6 Å². The molecule has 0 amide bonds. The van der Waals surface area contributed by atoms with Crippen molar-refractivity contribution in [1.82, 2.24) is 5.16 Å². The summed E-state index contributed by atoms with van der Waals surface area (Å²) in [6.45, 7) is 0. The zero-order valence-electron chi connectivity index (χ0n) is 16.0. The fourth-order valence-corrected chi connectivity index (χ4v) is 3.89. The first kappa shape index (κ1) is 19.1. The van der Waals surface area contributed by atoms with E-state index in [1.807, 2.05) is 0 Å². The number of aliphatic hydroxyl groups is 1. The normalized spacial score (nSPS) is 20.1. The van der Waals surface area contributed by atoms with Crippen molar-refractivity contribution in [1.29, 1.82) is 0 Å². The molecule has 1 fully saturated rings. The molecule has 1 heterocycles. The molecule has 0 unspecified atom stereocenters. The van der Waals surface area contributed by atoms with Crippen molar-refractivity contribution in [2.24, 2.45) is 4.99 Å². The lowest BCUT2D eigenvalue weighted by atomic mass is 9.88. The van der Waals surface area contributed by atoms with Crippen LogP contribution in [0.2, 0.25) is 0 Å². The van der Waals surface area contributed by atoms with Crippen LogP contribution in [-0.4, -0.2) is 32.6 Å². The van der Waals surface area contributed by atoms with Crippen LogP contribution in [0.25, 0.3) is 0 Å². The highest BCUT2D eigenvalue weighted by molar-refractivity contribution is 6.24. The minimum atomic E-state index is -0.166. The molecule has 2 N–H and O–H groups in total. The summed E-state index contributed by atoms with van der Waals surface area (Å²) in [5.41, 5.74) is 2.10. The van der Waals surface area contributed by atoms with E-state index in [4.69, 9.17) is 4.52 Å². The van der Waals surface area contributed by atoms with Crippen LogP contribution in [0.1, 0.15) is 60.3 Å². The lowest BCUT2D eigenvalue weighted by Gasteiger charge is -2.18. The second-order valence-corrected chi connectivity index (χ2v) is 7.35. The maximum absolute atomic E-state index is 12.5. The molecule has 0 bridgehead atoms. The third-order valence-corrected chi connectivity index (χ3v) is 5.33. The molecular formula is C22H22N2O5. The second kappa shape index (κ2) is 8.03. The van der Waals surface area contributed by atoms with E-state index < -0.39 is 0 Å². The monoisotopic (exact) mass is 394 g/mol. The zero-order valence-corrected chi connectivity index (χ0v) is 16.0. The van der Waals surface area contributed by atoms with Crippen molar-refractivity contribution in [2.75, 3.05) is 0 Å². The molecule has 7 nitrogen and oxygen atoms in total. The lowest BCUT2D eigenvalue weighted by molar-refractivity contribution is -0.115. The number of aliphatic imine (C=N–C) groups is 1. The summed E-state index contributed by atoms with van der Waals surface area (Å²) in [5, 5.41) is 24.7. The molecule has 1 aromatic heterocycles. The Kier molecular flexibility index (Phi) is 5.29. The summed E-state index contributed by atoms with van der Waals surface area (Å²) in [6, 6.07) is 6.62. The molecule has 0 radical (unpaired) electrons. The summed E-state index contributed by atoms with van der Waals surface area (Å²) in [6.07, 6.45) is 3.92. The Morgan fingerprint density at radius 1 is 1.07 bits per heavy atom. The molecule has 29 heavy (non-hydrogen) atoms. The highest BCUT2D eigenvalue weighted by Crippen LogP contribution is 2.31. The number of fused-ring (bicyclic) bond motifs is 1. The number of benzene rings is 1. The molecule has 0 aliphatic heterocycles. The van der Waals surface area contributed by atoms with Gasteiger partial charge in [0.1, 0.15) is 23.0 Å². The number of ketones is 2. The third-order valence-electron chi connectivity index (χ3n) is 5.33. The molecule has 150 valence electrons. The van der Waals surface area contributed by atoms with Gasteiger partial charge >= 0.3 is 0 Å². The van der Waals surface area contributed by atoms with Gasteiger partial charge in [0.25, 0.3) is 0 Å². The van der Waals surface area contributed by atoms with Gasteiger partial charge in [-0.2, -0.15) is 0 Å². The van der Waals surface area contributed by atoms with E-state index in [-0.39, 0.29) is 35.1 Å². The average Bonchev–Trinajstić information content (AvgIpc) is 3.12. The van der Waals surface area contributed by atoms with Crippen molar-refractivity contribution in [2.45, 2.75) is 51.4 Å². The molecule has 1 saturated carbocycles. The van der Waals surface area contributed by atoms with Crippen LogP contribution in [0.15, 0.2) is 45.1 Å². The minimum Gasteiger partial charge on any atom is -0.511 e. The van der Waals surface area contributed by atoms with Crippen LogP contribution < -0.4 is 0 Å². The van der Waals surface area contributed by atoms with Gasteiger partial charge < -0.3 is 14.7 Å². The standard InChI is InChI=1S/C22H22N2O5/c25-16-7-2-1-5-13(16)23-14-6-3-8-17(26)21(14)19(28)12-11-15-22-18(27)9-4-10-20(22)29-24-15/h1-2,5,7,25,28H,3-4,6,8-12H2/b21-19+,23-14?. The first-order chi connectivity index (χ1) is 14.0. The number of phenolic OH excluding ortho intramolecular Hbond substituents is 1. The molecular weight excluding hydrogens is 372 g/mol. The fraction of sp³-hybridized carbons (Fsp3) is 0.364. The van der Waals surface area contributed by atoms with Gasteiger partial charge in [0.05, 0.1) is 22.5 Å². The van der Waals surface area contributed by atoms with Crippen molar-refractivity contribution in [3.05, 3.63) is 52.6 Å². The highest BCUT2D eigenvalue weighted by atomic mass is 16.5. The summed E-state index contributed by atoms with van der Waals surface area (Å²) < 4.78 is 5.28. The van der Waals surface area contributed by atoms with Crippen LogP contribution in [0, 0.1) is 0 Å².